The normalized spacial score (nSPS) is 15.4. The van der Waals surface area contributed by atoms with Crippen molar-refractivity contribution in [3.05, 3.63) is 70.1 Å². The fourth-order valence-corrected chi connectivity index (χ4v) is 4.44. The number of hydrogen-bond donors (Lipinski definition) is 1. The maximum absolute atomic E-state index is 13.5. The average Bonchev–Trinajstić information content (AvgIpc) is 3.54. The van der Waals surface area contributed by atoms with Crippen molar-refractivity contribution < 1.29 is 5.11 Å². The van der Waals surface area contributed by atoms with Gasteiger partial charge in [-0.1, -0.05) is 42.8 Å². The maximum atomic E-state index is 13.5. The Labute approximate surface area is 175 Å². The van der Waals surface area contributed by atoms with E-state index in [1.54, 1.807) is 0 Å². The molecular formula is C24H26N4O2. The van der Waals surface area contributed by atoms with Crippen molar-refractivity contribution in [1.29, 1.82) is 0 Å². The zero-order valence-corrected chi connectivity index (χ0v) is 17.5. The second kappa shape index (κ2) is 7.07. The Balaban J connectivity index is 1.86. The Bertz CT molecular complexity index is 1300. The number of aryl methyl sites for hydroxylation is 2. The number of benzene rings is 2. The third kappa shape index (κ3) is 2.87. The van der Waals surface area contributed by atoms with Crippen LogP contribution in [0.3, 0.4) is 0 Å². The van der Waals surface area contributed by atoms with Crippen LogP contribution >= 0.6 is 0 Å². The molecular weight excluding hydrogens is 376 g/mol. The second-order valence-corrected chi connectivity index (χ2v) is 8.17. The molecule has 1 fully saturated rings. The molecule has 0 spiro atoms. The number of rotatable bonds is 5. The number of aromatic nitrogens is 3. The van der Waals surface area contributed by atoms with E-state index in [4.69, 9.17) is 5.10 Å². The molecule has 154 valence electrons. The molecule has 2 heterocycles. The summed E-state index contributed by atoms with van der Waals surface area (Å²) in [5.41, 5.74) is 3.68. The van der Waals surface area contributed by atoms with E-state index in [0.717, 1.165) is 41.2 Å². The molecule has 4 aromatic rings. The van der Waals surface area contributed by atoms with Crippen LogP contribution in [-0.2, 0) is 7.05 Å². The van der Waals surface area contributed by atoms with Gasteiger partial charge in [0.2, 0.25) is 0 Å². The van der Waals surface area contributed by atoms with E-state index >= 15 is 0 Å². The molecule has 0 aliphatic heterocycles. The third-order valence-electron chi connectivity index (χ3n) is 6.18. The van der Waals surface area contributed by atoms with E-state index in [1.807, 2.05) is 67.1 Å². The van der Waals surface area contributed by atoms with Crippen LogP contribution in [0, 0.1) is 6.92 Å². The first-order valence-corrected chi connectivity index (χ1v) is 10.5. The van der Waals surface area contributed by atoms with Crippen molar-refractivity contribution in [3.8, 4) is 5.69 Å². The first-order chi connectivity index (χ1) is 14.5. The zero-order chi connectivity index (χ0) is 21.0. The van der Waals surface area contributed by atoms with Gasteiger partial charge in [-0.3, -0.25) is 9.69 Å². The molecule has 0 bridgehead atoms. The molecule has 0 amide bonds. The molecule has 2 aromatic heterocycles. The number of fused-ring (bicyclic) bond motifs is 3. The topological polar surface area (TPSA) is 63.3 Å². The molecule has 1 aliphatic rings. The Hall–Kier alpha value is -2.96. The smallest absolute Gasteiger partial charge is 0.296 e. The lowest BCUT2D eigenvalue weighted by atomic mass is 10.1. The summed E-state index contributed by atoms with van der Waals surface area (Å²) in [6, 6.07) is 16.0. The molecule has 6 heteroatoms. The minimum absolute atomic E-state index is 0.182. The number of aliphatic hydroxyl groups excluding tert-OH is 1. The van der Waals surface area contributed by atoms with Crippen LogP contribution in [0.15, 0.2) is 53.3 Å². The third-order valence-corrected chi connectivity index (χ3v) is 6.18. The summed E-state index contributed by atoms with van der Waals surface area (Å²) >= 11 is 0. The Kier molecular flexibility index (Phi) is 4.49. The van der Waals surface area contributed by atoms with Gasteiger partial charge in [-0.25, -0.2) is 0 Å². The molecule has 6 nitrogen and oxygen atoms in total. The Morgan fingerprint density at radius 1 is 1.17 bits per heavy atom. The van der Waals surface area contributed by atoms with Crippen molar-refractivity contribution in [1.82, 2.24) is 19.2 Å². The maximum Gasteiger partial charge on any atom is 0.296 e. The summed E-state index contributed by atoms with van der Waals surface area (Å²) < 4.78 is 3.35. The standard InChI is InChI=1S/C24H26N4O2/c1-4-27(16-13-14-16)23(29)21-20-18-7-5-6-8-19(18)26(3)22(20)24(30)28(25-21)17-11-9-15(2)10-12-17/h5-12,16,23,29H,4,13-14H2,1-3H3. The minimum Gasteiger partial charge on any atom is -0.372 e. The van der Waals surface area contributed by atoms with Gasteiger partial charge in [-0.15, -0.1) is 0 Å². The first-order valence-electron chi connectivity index (χ1n) is 10.5. The largest absolute Gasteiger partial charge is 0.372 e. The highest BCUT2D eigenvalue weighted by Gasteiger charge is 2.35. The molecule has 30 heavy (non-hydrogen) atoms. The highest BCUT2D eigenvalue weighted by atomic mass is 16.3. The van der Waals surface area contributed by atoms with E-state index in [1.165, 1.54) is 4.68 Å². The predicted octanol–water partition coefficient (Wildman–Crippen LogP) is 3.66. The lowest BCUT2D eigenvalue weighted by molar-refractivity contribution is -0.00372. The number of hydrogen-bond acceptors (Lipinski definition) is 4. The molecule has 0 radical (unpaired) electrons. The molecule has 1 N–H and O–H groups in total. The van der Waals surface area contributed by atoms with Crippen LogP contribution < -0.4 is 5.56 Å². The van der Waals surface area contributed by atoms with Gasteiger partial charge < -0.3 is 9.67 Å². The van der Waals surface area contributed by atoms with E-state index in [9.17, 15) is 9.90 Å². The summed E-state index contributed by atoms with van der Waals surface area (Å²) in [5, 5.41) is 17.8. The van der Waals surface area contributed by atoms with Gasteiger partial charge in [-0.2, -0.15) is 9.78 Å². The second-order valence-electron chi connectivity index (χ2n) is 8.17. The lowest BCUT2D eigenvalue weighted by Gasteiger charge is -2.26. The van der Waals surface area contributed by atoms with Gasteiger partial charge in [0.15, 0.2) is 6.23 Å². The van der Waals surface area contributed by atoms with Gasteiger partial charge in [0.05, 0.1) is 5.69 Å². The van der Waals surface area contributed by atoms with Crippen molar-refractivity contribution >= 4 is 21.8 Å². The molecule has 1 saturated carbocycles. The van der Waals surface area contributed by atoms with Crippen molar-refractivity contribution in [3.63, 3.8) is 0 Å². The minimum atomic E-state index is -0.867. The van der Waals surface area contributed by atoms with E-state index in [2.05, 4.69) is 11.8 Å². The van der Waals surface area contributed by atoms with Gasteiger partial charge in [0.1, 0.15) is 11.2 Å². The van der Waals surface area contributed by atoms with Gasteiger partial charge in [0, 0.05) is 29.4 Å². The fraction of sp³-hybridized carbons (Fsp3) is 0.333. The number of para-hydroxylation sites is 1. The van der Waals surface area contributed by atoms with E-state index < -0.39 is 6.23 Å². The van der Waals surface area contributed by atoms with Crippen LogP contribution in [0.2, 0.25) is 0 Å². The zero-order valence-electron chi connectivity index (χ0n) is 17.5. The van der Waals surface area contributed by atoms with E-state index in [0.29, 0.717) is 22.9 Å². The van der Waals surface area contributed by atoms with Gasteiger partial charge in [-0.05, 0) is 44.5 Å². The fourth-order valence-electron chi connectivity index (χ4n) is 4.44. The molecule has 5 rings (SSSR count). The average molecular weight is 402 g/mol. The number of nitrogens with zero attached hydrogens (tertiary/aromatic N) is 4. The Morgan fingerprint density at radius 2 is 1.87 bits per heavy atom. The molecule has 1 atom stereocenters. The van der Waals surface area contributed by atoms with Crippen LogP contribution in [-0.4, -0.2) is 36.9 Å². The summed E-state index contributed by atoms with van der Waals surface area (Å²) in [7, 11) is 1.90. The lowest BCUT2D eigenvalue weighted by Crippen LogP contribution is -2.33. The van der Waals surface area contributed by atoms with E-state index in [-0.39, 0.29) is 5.56 Å². The van der Waals surface area contributed by atoms with Crippen molar-refractivity contribution in [2.75, 3.05) is 6.54 Å². The number of aliphatic hydroxyl groups is 1. The van der Waals surface area contributed by atoms with Crippen LogP contribution in [0.1, 0.15) is 37.3 Å². The van der Waals surface area contributed by atoms with Crippen molar-refractivity contribution in [2.45, 2.75) is 39.0 Å². The quantitative estimate of drug-likeness (QED) is 0.518. The monoisotopic (exact) mass is 402 g/mol. The van der Waals surface area contributed by atoms with Gasteiger partial charge in [0.25, 0.3) is 5.56 Å². The predicted molar refractivity (Wildman–Crippen MR) is 119 cm³/mol. The summed E-state index contributed by atoms with van der Waals surface area (Å²) in [5.74, 6) is 0. The van der Waals surface area contributed by atoms with Crippen LogP contribution in [0.5, 0.6) is 0 Å². The van der Waals surface area contributed by atoms with Crippen LogP contribution in [0.25, 0.3) is 27.5 Å². The summed E-state index contributed by atoms with van der Waals surface area (Å²) in [4.78, 5) is 15.6. The molecule has 2 aromatic carbocycles. The van der Waals surface area contributed by atoms with Crippen molar-refractivity contribution in [2.24, 2.45) is 7.05 Å². The molecule has 1 aliphatic carbocycles. The summed E-state index contributed by atoms with van der Waals surface area (Å²) in [6.07, 6.45) is 1.30. The van der Waals surface area contributed by atoms with Gasteiger partial charge >= 0.3 is 0 Å². The molecule has 0 saturated heterocycles. The SMILES string of the molecule is CCN(C1CC1)C(O)c1nn(-c2ccc(C)cc2)c(=O)c2c1c1ccccc1n2C. The Morgan fingerprint density at radius 3 is 2.53 bits per heavy atom. The first kappa shape index (κ1) is 19.0. The highest BCUT2D eigenvalue weighted by Crippen LogP contribution is 2.36. The van der Waals surface area contributed by atoms with Crippen LogP contribution in [0.4, 0.5) is 0 Å². The molecule has 1 unspecified atom stereocenters. The summed E-state index contributed by atoms with van der Waals surface area (Å²) in [6.45, 7) is 4.79. The highest BCUT2D eigenvalue weighted by molar-refractivity contribution is 6.09.